The van der Waals surface area contributed by atoms with Crippen molar-refractivity contribution in [1.29, 1.82) is 0 Å². The van der Waals surface area contributed by atoms with Crippen LogP contribution in [0.15, 0.2) is 6.07 Å². The molecule has 3 nitrogen and oxygen atoms in total. The lowest BCUT2D eigenvalue weighted by Gasteiger charge is -2.29. The molecule has 4 heteroatoms. The van der Waals surface area contributed by atoms with Gasteiger partial charge in [-0.2, -0.15) is 0 Å². The molecule has 2 unspecified atom stereocenters. The van der Waals surface area contributed by atoms with Crippen molar-refractivity contribution >= 4 is 11.6 Å². The molecule has 0 aliphatic heterocycles. The minimum absolute atomic E-state index is 0.189. The van der Waals surface area contributed by atoms with Gasteiger partial charge in [0.25, 0.3) is 0 Å². The second-order valence-corrected chi connectivity index (χ2v) is 5.53. The third-order valence-corrected chi connectivity index (χ3v) is 4.03. The fraction of sp³-hybridized carbons (Fsp3) is 0.667. The van der Waals surface area contributed by atoms with Crippen LogP contribution in [0.25, 0.3) is 0 Å². The number of rotatable bonds is 4. The first kappa shape index (κ1) is 14.6. The molecule has 2 rings (SSSR count). The Balaban J connectivity index is 2.14. The molecule has 0 spiro atoms. The van der Waals surface area contributed by atoms with Gasteiger partial charge in [-0.15, -0.1) is 11.6 Å². The minimum Gasteiger partial charge on any atom is -0.474 e. The quantitative estimate of drug-likeness (QED) is 0.788. The van der Waals surface area contributed by atoms with Gasteiger partial charge in [0.05, 0.1) is 12.0 Å². The Kier molecular flexibility index (Phi) is 5.06. The summed E-state index contributed by atoms with van der Waals surface area (Å²) >= 11 is 6.02. The highest BCUT2D eigenvalue weighted by Gasteiger charge is 2.24. The van der Waals surface area contributed by atoms with Crippen molar-refractivity contribution in [3.8, 4) is 5.88 Å². The molecule has 1 aliphatic rings. The molecule has 1 fully saturated rings. The van der Waals surface area contributed by atoms with Crippen LogP contribution in [0.4, 0.5) is 0 Å². The molecular weight excluding hydrogens is 262 g/mol. The maximum Gasteiger partial charge on any atom is 0.218 e. The van der Waals surface area contributed by atoms with E-state index in [0.29, 0.717) is 17.9 Å². The van der Waals surface area contributed by atoms with E-state index in [0.717, 1.165) is 42.5 Å². The van der Waals surface area contributed by atoms with E-state index in [9.17, 15) is 0 Å². The van der Waals surface area contributed by atoms with Crippen LogP contribution in [0.3, 0.4) is 0 Å². The highest BCUT2D eigenvalue weighted by atomic mass is 35.5. The van der Waals surface area contributed by atoms with Gasteiger partial charge >= 0.3 is 0 Å². The molecule has 0 amide bonds. The number of pyridine rings is 1. The molecule has 1 saturated carbocycles. The third kappa shape index (κ3) is 3.61. The van der Waals surface area contributed by atoms with E-state index in [4.69, 9.17) is 21.1 Å². The number of aromatic nitrogens is 1. The van der Waals surface area contributed by atoms with Gasteiger partial charge < -0.3 is 9.47 Å². The molecule has 0 N–H and O–H groups in total. The number of hydrogen-bond donors (Lipinski definition) is 0. The van der Waals surface area contributed by atoms with E-state index in [1.54, 1.807) is 7.11 Å². The van der Waals surface area contributed by atoms with Crippen molar-refractivity contribution in [2.24, 2.45) is 0 Å². The van der Waals surface area contributed by atoms with E-state index in [1.165, 1.54) is 0 Å². The molecular formula is C15H22ClNO2. The van der Waals surface area contributed by atoms with Crippen molar-refractivity contribution in [2.75, 3.05) is 7.11 Å². The van der Waals surface area contributed by atoms with Gasteiger partial charge in [-0.05, 0) is 44.7 Å². The van der Waals surface area contributed by atoms with Crippen LogP contribution in [0.5, 0.6) is 5.88 Å². The molecule has 1 aromatic rings. The number of nitrogens with zero attached hydrogens (tertiary/aromatic N) is 1. The van der Waals surface area contributed by atoms with Crippen LogP contribution in [-0.2, 0) is 10.6 Å². The molecule has 0 radical (unpaired) electrons. The monoisotopic (exact) mass is 283 g/mol. The number of methoxy groups -OCH3 is 1. The van der Waals surface area contributed by atoms with Gasteiger partial charge in [-0.1, -0.05) is 0 Å². The maximum absolute atomic E-state index is 6.10. The van der Waals surface area contributed by atoms with Crippen molar-refractivity contribution in [2.45, 2.75) is 57.6 Å². The smallest absolute Gasteiger partial charge is 0.218 e. The van der Waals surface area contributed by atoms with Crippen LogP contribution >= 0.6 is 11.6 Å². The predicted molar refractivity (Wildman–Crippen MR) is 76.9 cm³/mol. The molecule has 0 bridgehead atoms. The van der Waals surface area contributed by atoms with Crippen LogP contribution in [0.2, 0.25) is 0 Å². The molecule has 0 saturated heterocycles. The Morgan fingerprint density at radius 3 is 2.74 bits per heavy atom. The zero-order valence-electron chi connectivity index (χ0n) is 11.9. The summed E-state index contributed by atoms with van der Waals surface area (Å²) in [7, 11) is 1.77. The van der Waals surface area contributed by atoms with Gasteiger partial charge in [0.2, 0.25) is 5.88 Å². The second-order valence-electron chi connectivity index (χ2n) is 5.26. The van der Waals surface area contributed by atoms with Crippen molar-refractivity contribution in [3.63, 3.8) is 0 Å². The Labute approximate surface area is 120 Å². The SMILES string of the molecule is COC1CCCC(Oc2nc(C)cc(C)c2CCl)C1. The minimum atomic E-state index is 0.189. The number of ether oxygens (including phenoxy) is 2. The lowest BCUT2D eigenvalue weighted by atomic mass is 9.95. The fourth-order valence-electron chi connectivity index (χ4n) is 2.67. The van der Waals surface area contributed by atoms with E-state index in [1.807, 2.05) is 13.0 Å². The van der Waals surface area contributed by atoms with E-state index < -0.39 is 0 Å². The zero-order chi connectivity index (χ0) is 13.8. The van der Waals surface area contributed by atoms with Crippen LogP contribution in [-0.4, -0.2) is 24.3 Å². The molecule has 106 valence electrons. The molecule has 1 heterocycles. The summed E-state index contributed by atoms with van der Waals surface area (Å²) in [4.78, 5) is 4.50. The Bertz CT molecular complexity index is 436. The average molecular weight is 284 g/mol. The Morgan fingerprint density at radius 2 is 2.05 bits per heavy atom. The first-order valence-electron chi connectivity index (χ1n) is 6.86. The van der Waals surface area contributed by atoms with E-state index in [2.05, 4.69) is 11.9 Å². The predicted octanol–water partition coefficient (Wildman–Crippen LogP) is 3.77. The number of halogens is 1. The summed E-state index contributed by atoms with van der Waals surface area (Å²) in [5.41, 5.74) is 3.13. The van der Waals surface area contributed by atoms with E-state index >= 15 is 0 Å². The lowest BCUT2D eigenvalue weighted by molar-refractivity contribution is 0.0192. The molecule has 19 heavy (non-hydrogen) atoms. The summed E-state index contributed by atoms with van der Waals surface area (Å²) in [6.07, 6.45) is 4.77. The summed E-state index contributed by atoms with van der Waals surface area (Å²) in [5, 5.41) is 0. The number of hydrogen-bond acceptors (Lipinski definition) is 3. The normalized spacial score (nSPS) is 23.4. The second kappa shape index (κ2) is 6.58. The number of alkyl halides is 1. The molecule has 1 aromatic heterocycles. The van der Waals surface area contributed by atoms with Crippen LogP contribution in [0, 0.1) is 13.8 Å². The summed E-state index contributed by atoms with van der Waals surface area (Å²) in [5.74, 6) is 1.14. The average Bonchev–Trinajstić information content (AvgIpc) is 2.38. The van der Waals surface area contributed by atoms with Gasteiger partial charge in [-0.25, -0.2) is 4.98 Å². The lowest BCUT2D eigenvalue weighted by Crippen LogP contribution is -2.30. The van der Waals surface area contributed by atoms with Gasteiger partial charge in [0.1, 0.15) is 6.10 Å². The van der Waals surface area contributed by atoms with E-state index in [-0.39, 0.29) is 6.10 Å². The highest BCUT2D eigenvalue weighted by Crippen LogP contribution is 2.28. The van der Waals surface area contributed by atoms with Crippen molar-refractivity contribution in [3.05, 3.63) is 22.9 Å². The van der Waals surface area contributed by atoms with Crippen LogP contribution in [0.1, 0.15) is 42.5 Å². The summed E-state index contributed by atoms with van der Waals surface area (Å²) in [6.45, 7) is 4.04. The molecule has 2 atom stereocenters. The van der Waals surface area contributed by atoms with Crippen molar-refractivity contribution < 1.29 is 9.47 Å². The largest absolute Gasteiger partial charge is 0.474 e. The fourth-order valence-corrected chi connectivity index (χ4v) is 3.00. The third-order valence-electron chi connectivity index (χ3n) is 3.76. The van der Waals surface area contributed by atoms with Gasteiger partial charge in [0.15, 0.2) is 0 Å². The van der Waals surface area contributed by atoms with Gasteiger partial charge in [0, 0.05) is 24.8 Å². The molecule has 0 aromatic carbocycles. The van der Waals surface area contributed by atoms with Gasteiger partial charge in [-0.3, -0.25) is 0 Å². The summed E-state index contributed by atoms with van der Waals surface area (Å²) in [6, 6.07) is 2.05. The van der Waals surface area contributed by atoms with Crippen molar-refractivity contribution in [1.82, 2.24) is 4.98 Å². The number of aryl methyl sites for hydroxylation is 2. The first-order chi connectivity index (χ1) is 9.13. The topological polar surface area (TPSA) is 31.4 Å². The highest BCUT2D eigenvalue weighted by molar-refractivity contribution is 6.17. The molecule has 1 aliphatic carbocycles. The van der Waals surface area contributed by atoms with Crippen LogP contribution < -0.4 is 4.74 Å². The summed E-state index contributed by atoms with van der Waals surface area (Å²) < 4.78 is 11.5. The Morgan fingerprint density at radius 1 is 1.32 bits per heavy atom. The maximum atomic E-state index is 6.10. The standard InChI is InChI=1S/C15H22ClNO2/c1-10-7-11(2)17-15(14(10)9-16)19-13-6-4-5-12(8-13)18-3/h7,12-13H,4-6,8-9H2,1-3H3. The Hall–Kier alpha value is -0.800. The zero-order valence-corrected chi connectivity index (χ0v) is 12.7. The first-order valence-corrected chi connectivity index (χ1v) is 7.40.